The van der Waals surface area contributed by atoms with Crippen molar-refractivity contribution in [2.75, 3.05) is 13.1 Å². The van der Waals surface area contributed by atoms with E-state index in [1.54, 1.807) is 0 Å². The maximum atomic E-state index is 12.2. The largest absolute Gasteiger partial charge is 0.434 e. The van der Waals surface area contributed by atoms with Gasteiger partial charge in [-0.1, -0.05) is 11.6 Å². The van der Waals surface area contributed by atoms with E-state index >= 15 is 0 Å². The first-order valence-corrected chi connectivity index (χ1v) is 5.65. The maximum absolute atomic E-state index is 12.2. The monoisotopic (exact) mass is 314 g/mol. The Hall–Kier alpha value is -1.11. The Bertz CT molecular complexity index is 420. The van der Waals surface area contributed by atoms with Crippen LogP contribution in [0, 0.1) is 0 Å². The molecule has 0 unspecified atom stereocenters. The van der Waals surface area contributed by atoms with E-state index in [1.807, 2.05) is 0 Å². The molecular formula is C11H14Cl2F2N2O2. The Morgan fingerprint density at radius 3 is 2.74 bits per heavy atom. The summed E-state index contributed by atoms with van der Waals surface area (Å²) in [6.07, 6.45) is 0.595. The number of carbonyl (C=O) groups is 1. The van der Waals surface area contributed by atoms with E-state index in [0.29, 0.717) is 19.5 Å². The molecule has 0 aliphatic carbocycles. The third-order valence-electron chi connectivity index (χ3n) is 2.07. The Morgan fingerprint density at radius 2 is 2.16 bits per heavy atom. The second-order valence-electron chi connectivity index (χ2n) is 3.42. The Labute approximate surface area is 120 Å². The highest BCUT2D eigenvalue weighted by Crippen LogP contribution is 2.24. The van der Waals surface area contributed by atoms with Gasteiger partial charge in [0.2, 0.25) is 0 Å². The molecule has 4 nitrogen and oxygen atoms in total. The summed E-state index contributed by atoms with van der Waals surface area (Å²) in [5, 5.41) is 2.80. The van der Waals surface area contributed by atoms with E-state index in [9.17, 15) is 13.6 Å². The molecule has 1 amide bonds. The Kier molecular flexibility index (Phi) is 8.38. The summed E-state index contributed by atoms with van der Waals surface area (Å²) in [6.45, 7) is -2.21. The van der Waals surface area contributed by atoms with Crippen molar-refractivity contribution < 1.29 is 18.3 Å². The molecular weight excluding hydrogens is 301 g/mol. The van der Waals surface area contributed by atoms with Gasteiger partial charge in [0, 0.05) is 11.6 Å². The van der Waals surface area contributed by atoms with Crippen molar-refractivity contribution in [2.45, 2.75) is 13.0 Å². The summed E-state index contributed by atoms with van der Waals surface area (Å²) in [7, 11) is 0. The summed E-state index contributed by atoms with van der Waals surface area (Å²) in [4.78, 5) is 11.7. The highest BCUT2D eigenvalue weighted by molar-refractivity contribution is 6.31. The van der Waals surface area contributed by atoms with E-state index in [1.165, 1.54) is 18.2 Å². The summed E-state index contributed by atoms with van der Waals surface area (Å²) >= 11 is 5.72. The quantitative estimate of drug-likeness (QED) is 0.793. The van der Waals surface area contributed by atoms with Crippen molar-refractivity contribution >= 4 is 29.9 Å². The number of hydrogen-bond acceptors (Lipinski definition) is 3. The molecule has 0 saturated heterocycles. The van der Waals surface area contributed by atoms with E-state index in [0.717, 1.165) is 0 Å². The lowest BCUT2D eigenvalue weighted by atomic mass is 10.2. The van der Waals surface area contributed by atoms with Gasteiger partial charge in [0.15, 0.2) is 0 Å². The number of alkyl halides is 2. The molecule has 0 radical (unpaired) electrons. The topological polar surface area (TPSA) is 64.3 Å². The fourth-order valence-electron chi connectivity index (χ4n) is 1.28. The lowest BCUT2D eigenvalue weighted by molar-refractivity contribution is -0.0501. The third-order valence-corrected chi connectivity index (χ3v) is 2.30. The van der Waals surface area contributed by atoms with Crippen LogP contribution < -0.4 is 15.8 Å². The van der Waals surface area contributed by atoms with Crippen LogP contribution in [0.5, 0.6) is 5.75 Å². The second-order valence-corrected chi connectivity index (χ2v) is 3.85. The number of carbonyl (C=O) groups excluding carboxylic acids is 1. The normalized spacial score (nSPS) is 9.95. The molecule has 108 valence electrons. The zero-order valence-electron chi connectivity index (χ0n) is 9.87. The predicted molar refractivity (Wildman–Crippen MR) is 71.3 cm³/mol. The van der Waals surface area contributed by atoms with Crippen molar-refractivity contribution in [3.05, 3.63) is 28.8 Å². The Morgan fingerprint density at radius 1 is 1.47 bits per heavy atom. The second kappa shape index (κ2) is 8.90. The Balaban J connectivity index is 0.00000324. The minimum absolute atomic E-state index is 0. The van der Waals surface area contributed by atoms with Crippen LogP contribution in [0.25, 0.3) is 0 Å². The smallest absolute Gasteiger partial charge is 0.387 e. The molecule has 0 aromatic heterocycles. The number of halogens is 4. The fourth-order valence-corrected chi connectivity index (χ4v) is 1.45. The van der Waals surface area contributed by atoms with Gasteiger partial charge in [-0.15, -0.1) is 12.4 Å². The number of amides is 1. The molecule has 1 aromatic carbocycles. The number of hydrogen-bond donors (Lipinski definition) is 2. The standard InChI is InChI=1S/C11H13ClF2N2O2.ClH/c12-7-2-3-9(18-11(13)14)8(6-7)10(17)16-5-1-4-15;/h2-3,6,11H,1,4-5,15H2,(H,16,17);1H. The van der Waals surface area contributed by atoms with Gasteiger partial charge in [0.05, 0.1) is 5.56 Å². The van der Waals surface area contributed by atoms with Crippen LogP contribution >= 0.6 is 24.0 Å². The lowest BCUT2D eigenvalue weighted by Gasteiger charge is -2.11. The van der Waals surface area contributed by atoms with Gasteiger partial charge in [-0.3, -0.25) is 4.79 Å². The van der Waals surface area contributed by atoms with Gasteiger partial charge >= 0.3 is 6.61 Å². The van der Waals surface area contributed by atoms with Crippen molar-refractivity contribution in [3.63, 3.8) is 0 Å². The molecule has 0 aliphatic rings. The first-order valence-electron chi connectivity index (χ1n) is 5.27. The summed E-state index contributed by atoms with van der Waals surface area (Å²) in [5.74, 6) is -0.735. The van der Waals surface area contributed by atoms with E-state index < -0.39 is 12.5 Å². The number of nitrogens with one attached hydrogen (secondary N) is 1. The molecule has 0 saturated carbocycles. The van der Waals surface area contributed by atoms with Gasteiger partial charge in [0.25, 0.3) is 5.91 Å². The molecule has 19 heavy (non-hydrogen) atoms. The minimum Gasteiger partial charge on any atom is -0.434 e. The predicted octanol–water partition coefficient (Wildman–Crippen LogP) is 2.44. The number of rotatable bonds is 6. The first kappa shape index (κ1) is 17.9. The highest BCUT2D eigenvalue weighted by atomic mass is 35.5. The summed E-state index contributed by atoms with van der Waals surface area (Å²) in [6, 6.07) is 3.87. The third kappa shape index (κ3) is 6.04. The van der Waals surface area contributed by atoms with E-state index in [2.05, 4.69) is 10.1 Å². The highest BCUT2D eigenvalue weighted by Gasteiger charge is 2.15. The van der Waals surface area contributed by atoms with Crippen LogP contribution in [0.3, 0.4) is 0 Å². The number of nitrogens with two attached hydrogens (primary N) is 1. The lowest BCUT2D eigenvalue weighted by Crippen LogP contribution is -2.26. The van der Waals surface area contributed by atoms with Crippen molar-refractivity contribution in [1.82, 2.24) is 5.32 Å². The number of benzene rings is 1. The van der Waals surface area contributed by atoms with Gasteiger partial charge in [0.1, 0.15) is 5.75 Å². The summed E-state index contributed by atoms with van der Waals surface area (Å²) < 4.78 is 28.6. The van der Waals surface area contributed by atoms with Gasteiger partial charge in [-0.25, -0.2) is 0 Å². The zero-order chi connectivity index (χ0) is 13.5. The van der Waals surface area contributed by atoms with Crippen molar-refractivity contribution in [2.24, 2.45) is 5.73 Å². The van der Waals surface area contributed by atoms with Crippen LogP contribution in [0.2, 0.25) is 5.02 Å². The molecule has 0 aliphatic heterocycles. The SMILES string of the molecule is Cl.NCCCNC(=O)c1cc(Cl)ccc1OC(F)F. The molecule has 0 bridgehead atoms. The minimum atomic E-state index is -3.00. The van der Waals surface area contributed by atoms with Crippen LogP contribution in [0.15, 0.2) is 18.2 Å². The van der Waals surface area contributed by atoms with Crippen molar-refractivity contribution in [1.29, 1.82) is 0 Å². The van der Waals surface area contributed by atoms with E-state index in [-0.39, 0.29) is 28.7 Å². The van der Waals surface area contributed by atoms with Crippen LogP contribution in [-0.4, -0.2) is 25.6 Å². The van der Waals surface area contributed by atoms with Gasteiger partial charge in [-0.2, -0.15) is 8.78 Å². The molecule has 1 aromatic rings. The van der Waals surface area contributed by atoms with E-state index in [4.69, 9.17) is 17.3 Å². The molecule has 8 heteroatoms. The molecule has 0 spiro atoms. The summed E-state index contributed by atoms with van der Waals surface area (Å²) in [5.41, 5.74) is 5.25. The molecule has 3 N–H and O–H groups in total. The molecule has 0 heterocycles. The van der Waals surface area contributed by atoms with Gasteiger partial charge in [-0.05, 0) is 31.2 Å². The van der Waals surface area contributed by atoms with Crippen LogP contribution in [0.4, 0.5) is 8.78 Å². The van der Waals surface area contributed by atoms with Crippen LogP contribution in [-0.2, 0) is 0 Å². The fraction of sp³-hybridized carbons (Fsp3) is 0.364. The maximum Gasteiger partial charge on any atom is 0.387 e. The van der Waals surface area contributed by atoms with Crippen molar-refractivity contribution in [3.8, 4) is 5.75 Å². The average Bonchev–Trinajstić information content (AvgIpc) is 2.31. The molecule has 0 atom stereocenters. The van der Waals surface area contributed by atoms with Crippen LogP contribution in [0.1, 0.15) is 16.8 Å². The van der Waals surface area contributed by atoms with Gasteiger partial charge < -0.3 is 15.8 Å². The zero-order valence-corrected chi connectivity index (χ0v) is 11.4. The number of ether oxygens (including phenoxy) is 1. The molecule has 0 fully saturated rings. The average molecular weight is 315 g/mol. The molecule has 1 rings (SSSR count). The first-order chi connectivity index (χ1) is 8.54.